The predicted octanol–water partition coefficient (Wildman–Crippen LogP) is 1.49. The summed E-state index contributed by atoms with van der Waals surface area (Å²) in [5.74, 6) is 1.98. The van der Waals surface area contributed by atoms with Gasteiger partial charge in [0.05, 0.1) is 6.20 Å². The molecule has 0 radical (unpaired) electrons. The van der Waals surface area contributed by atoms with E-state index in [1.54, 1.807) is 0 Å². The van der Waals surface area contributed by atoms with E-state index in [-0.39, 0.29) is 0 Å². The molecule has 19 heavy (non-hydrogen) atoms. The summed E-state index contributed by atoms with van der Waals surface area (Å²) >= 11 is 0. The quantitative estimate of drug-likeness (QED) is 0.837. The minimum absolute atomic E-state index is 0.447. The van der Waals surface area contributed by atoms with Crippen LogP contribution in [0.15, 0.2) is 16.9 Å². The maximum absolute atomic E-state index is 5.06. The Hall–Kier alpha value is -1.69. The zero-order valence-electron chi connectivity index (χ0n) is 11.4. The molecule has 1 aliphatic heterocycles. The maximum atomic E-state index is 5.06. The van der Waals surface area contributed by atoms with E-state index in [1.807, 2.05) is 24.9 Å². The van der Waals surface area contributed by atoms with Gasteiger partial charge in [0.15, 0.2) is 5.82 Å². The van der Waals surface area contributed by atoms with E-state index in [4.69, 9.17) is 4.52 Å². The predicted molar refractivity (Wildman–Crippen MR) is 69.5 cm³/mol. The molecule has 0 spiro atoms. The van der Waals surface area contributed by atoms with E-state index < -0.39 is 0 Å². The van der Waals surface area contributed by atoms with E-state index >= 15 is 0 Å². The van der Waals surface area contributed by atoms with Crippen LogP contribution >= 0.6 is 0 Å². The standard InChI is InChI=1S/C13H19N5O/c1-10-15-13(16-19-10)12-3-5-18(6-4-12)9-11-7-14-17(2)8-11/h7-8,12H,3-6,9H2,1-2H3. The van der Waals surface area contributed by atoms with E-state index in [9.17, 15) is 0 Å². The molecule has 1 saturated heterocycles. The van der Waals surface area contributed by atoms with Crippen molar-refractivity contribution >= 4 is 0 Å². The van der Waals surface area contributed by atoms with Crippen LogP contribution in [0.5, 0.6) is 0 Å². The highest BCUT2D eigenvalue weighted by atomic mass is 16.5. The third-order valence-electron chi connectivity index (χ3n) is 3.66. The zero-order chi connectivity index (χ0) is 13.2. The average molecular weight is 261 g/mol. The van der Waals surface area contributed by atoms with Crippen LogP contribution < -0.4 is 0 Å². The van der Waals surface area contributed by atoms with Gasteiger partial charge < -0.3 is 4.52 Å². The highest BCUT2D eigenvalue weighted by molar-refractivity contribution is 5.04. The molecule has 0 saturated carbocycles. The van der Waals surface area contributed by atoms with Gasteiger partial charge >= 0.3 is 0 Å². The van der Waals surface area contributed by atoms with Crippen molar-refractivity contribution in [1.29, 1.82) is 0 Å². The highest BCUT2D eigenvalue weighted by Crippen LogP contribution is 2.26. The van der Waals surface area contributed by atoms with Gasteiger partial charge in [0.25, 0.3) is 0 Å². The van der Waals surface area contributed by atoms with Gasteiger partial charge in [-0.3, -0.25) is 9.58 Å². The molecule has 2 aromatic rings. The Bertz CT molecular complexity index is 539. The van der Waals surface area contributed by atoms with Crippen molar-refractivity contribution in [1.82, 2.24) is 24.8 Å². The van der Waals surface area contributed by atoms with Crippen molar-refractivity contribution in [3.63, 3.8) is 0 Å². The number of aromatic nitrogens is 4. The summed E-state index contributed by atoms with van der Waals surface area (Å²) in [6.45, 7) is 4.97. The molecule has 6 heteroatoms. The molecule has 0 amide bonds. The van der Waals surface area contributed by atoms with Gasteiger partial charge in [-0.05, 0) is 25.9 Å². The number of nitrogens with zero attached hydrogens (tertiary/aromatic N) is 5. The Kier molecular flexibility index (Phi) is 3.33. The number of hydrogen-bond acceptors (Lipinski definition) is 5. The first kappa shape index (κ1) is 12.3. The molecule has 1 aliphatic rings. The lowest BCUT2D eigenvalue weighted by atomic mass is 9.96. The molecule has 0 bridgehead atoms. The van der Waals surface area contributed by atoms with Gasteiger partial charge in [-0.25, -0.2) is 0 Å². The van der Waals surface area contributed by atoms with Crippen LogP contribution in [0, 0.1) is 6.92 Å². The fourth-order valence-corrected chi connectivity index (χ4v) is 2.64. The minimum Gasteiger partial charge on any atom is -0.340 e. The molecule has 3 rings (SSSR count). The summed E-state index contributed by atoms with van der Waals surface area (Å²) in [4.78, 5) is 6.80. The van der Waals surface area contributed by atoms with E-state index in [1.165, 1.54) is 5.56 Å². The second kappa shape index (κ2) is 5.13. The van der Waals surface area contributed by atoms with Gasteiger partial charge in [-0.2, -0.15) is 10.1 Å². The van der Waals surface area contributed by atoms with E-state index in [2.05, 4.69) is 26.3 Å². The Labute approximate surface area is 112 Å². The first-order valence-corrected chi connectivity index (χ1v) is 6.71. The lowest BCUT2D eigenvalue weighted by Gasteiger charge is -2.30. The lowest BCUT2D eigenvalue weighted by Crippen LogP contribution is -2.32. The molecule has 0 N–H and O–H groups in total. The van der Waals surface area contributed by atoms with Crippen LogP contribution in [-0.2, 0) is 13.6 Å². The van der Waals surface area contributed by atoms with Crippen molar-refractivity contribution in [3.05, 3.63) is 29.7 Å². The molecule has 3 heterocycles. The number of likely N-dealkylation sites (tertiary alicyclic amines) is 1. The Balaban J connectivity index is 1.54. The second-order valence-corrected chi connectivity index (χ2v) is 5.24. The molecule has 0 aliphatic carbocycles. The summed E-state index contributed by atoms with van der Waals surface area (Å²) < 4.78 is 6.91. The first-order chi connectivity index (χ1) is 9.20. The summed E-state index contributed by atoms with van der Waals surface area (Å²) in [5, 5.41) is 8.24. The third-order valence-corrected chi connectivity index (χ3v) is 3.66. The summed E-state index contributed by atoms with van der Waals surface area (Å²) in [7, 11) is 1.95. The fraction of sp³-hybridized carbons (Fsp3) is 0.615. The first-order valence-electron chi connectivity index (χ1n) is 6.71. The van der Waals surface area contributed by atoms with Crippen molar-refractivity contribution in [3.8, 4) is 0 Å². The van der Waals surface area contributed by atoms with Crippen LogP contribution in [0.2, 0.25) is 0 Å². The lowest BCUT2D eigenvalue weighted by molar-refractivity contribution is 0.200. The summed E-state index contributed by atoms with van der Waals surface area (Å²) in [6.07, 6.45) is 6.21. The smallest absolute Gasteiger partial charge is 0.223 e. The van der Waals surface area contributed by atoms with Gasteiger partial charge in [-0.1, -0.05) is 5.16 Å². The Morgan fingerprint density at radius 2 is 2.16 bits per heavy atom. The molecule has 6 nitrogen and oxygen atoms in total. The molecule has 102 valence electrons. The minimum atomic E-state index is 0.447. The van der Waals surface area contributed by atoms with Crippen LogP contribution in [0.3, 0.4) is 0 Å². The highest BCUT2D eigenvalue weighted by Gasteiger charge is 2.24. The zero-order valence-corrected chi connectivity index (χ0v) is 11.4. The maximum Gasteiger partial charge on any atom is 0.223 e. The number of rotatable bonds is 3. The third kappa shape index (κ3) is 2.84. The molecule has 0 aromatic carbocycles. The van der Waals surface area contributed by atoms with Crippen molar-refractivity contribution in [2.75, 3.05) is 13.1 Å². The number of aryl methyl sites for hydroxylation is 2. The topological polar surface area (TPSA) is 60.0 Å². The second-order valence-electron chi connectivity index (χ2n) is 5.24. The number of hydrogen-bond donors (Lipinski definition) is 0. The van der Waals surface area contributed by atoms with Gasteiger partial charge in [0.2, 0.25) is 5.89 Å². The SMILES string of the molecule is Cc1nc(C2CCN(Cc3cnn(C)c3)CC2)no1. The molecular formula is C13H19N5O. The van der Waals surface area contributed by atoms with E-state index in [0.29, 0.717) is 11.8 Å². The molecule has 0 unspecified atom stereocenters. The number of piperidine rings is 1. The molecule has 1 fully saturated rings. The van der Waals surface area contributed by atoms with Crippen LogP contribution in [-0.4, -0.2) is 37.9 Å². The van der Waals surface area contributed by atoms with Crippen LogP contribution in [0.25, 0.3) is 0 Å². The molecular weight excluding hydrogens is 242 g/mol. The fourth-order valence-electron chi connectivity index (χ4n) is 2.64. The van der Waals surface area contributed by atoms with Crippen molar-refractivity contribution < 1.29 is 4.52 Å². The Morgan fingerprint density at radius 3 is 2.74 bits per heavy atom. The van der Waals surface area contributed by atoms with E-state index in [0.717, 1.165) is 38.3 Å². The normalized spacial score (nSPS) is 18.0. The summed E-state index contributed by atoms with van der Waals surface area (Å²) in [6, 6.07) is 0. The van der Waals surface area contributed by atoms with Gasteiger partial charge in [0, 0.05) is 38.2 Å². The summed E-state index contributed by atoms with van der Waals surface area (Å²) in [5.41, 5.74) is 1.27. The van der Waals surface area contributed by atoms with Crippen LogP contribution in [0.4, 0.5) is 0 Å². The van der Waals surface area contributed by atoms with Crippen molar-refractivity contribution in [2.24, 2.45) is 7.05 Å². The van der Waals surface area contributed by atoms with Gasteiger partial charge in [-0.15, -0.1) is 0 Å². The monoisotopic (exact) mass is 261 g/mol. The van der Waals surface area contributed by atoms with Crippen molar-refractivity contribution in [2.45, 2.75) is 32.2 Å². The van der Waals surface area contributed by atoms with Gasteiger partial charge in [0.1, 0.15) is 0 Å². The molecule has 2 aromatic heterocycles. The average Bonchev–Trinajstić information content (AvgIpc) is 3.00. The molecule has 0 atom stereocenters. The largest absolute Gasteiger partial charge is 0.340 e. The van der Waals surface area contributed by atoms with Crippen LogP contribution in [0.1, 0.15) is 36.0 Å². The Morgan fingerprint density at radius 1 is 1.37 bits per heavy atom.